The van der Waals surface area contributed by atoms with Crippen LogP contribution in [0.4, 0.5) is 4.79 Å². The number of hydrogen-bond acceptors (Lipinski definition) is 3. The smallest absolute Gasteiger partial charge is 0.407 e. The van der Waals surface area contributed by atoms with Gasteiger partial charge in [-0.25, -0.2) is 4.79 Å². The van der Waals surface area contributed by atoms with Gasteiger partial charge in [0.1, 0.15) is 9.71 Å². The maximum Gasteiger partial charge on any atom is 0.407 e. The summed E-state index contributed by atoms with van der Waals surface area (Å²) in [6.07, 6.45) is -0.413. The van der Waals surface area contributed by atoms with Crippen molar-refractivity contribution < 1.29 is 14.3 Å². The van der Waals surface area contributed by atoms with E-state index in [0.717, 1.165) is 0 Å². The van der Waals surface area contributed by atoms with Crippen molar-refractivity contribution in [1.82, 2.24) is 5.32 Å². The summed E-state index contributed by atoms with van der Waals surface area (Å²) in [5.41, 5.74) is -0.461. The van der Waals surface area contributed by atoms with E-state index < -0.39 is 11.7 Å². The van der Waals surface area contributed by atoms with Crippen LogP contribution in [-0.4, -0.2) is 29.0 Å². The van der Waals surface area contributed by atoms with Gasteiger partial charge < -0.3 is 14.8 Å². The van der Waals surface area contributed by atoms with Crippen LogP contribution < -0.4 is 5.32 Å². The van der Waals surface area contributed by atoms with Gasteiger partial charge in [0, 0.05) is 7.11 Å². The monoisotopic (exact) mass is 315 g/mol. The maximum absolute atomic E-state index is 11.3. The fraction of sp³-hybridized carbons (Fsp3) is 0.889. The number of hydrogen-bond donors (Lipinski definition) is 1. The van der Waals surface area contributed by atoms with Gasteiger partial charge in [0.05, 0.1) is 6.04 Å². The van der Waals surface area contributed by atoms with Crippen molar-refractivity contribution in [1.29, 1.82) is 0 Å². The highest BCUT2D eigenvalue weighted by atomic mass is 127. The molecule has 0 bridgehead atoms. The van der Waals surface area contributed by atoms with Gasteiger partial charge in [-0.1, -0.05) is 0 Å². The Hall–Kier alpha value is -0.0400. The van der Waals surface area contributed by atoms with E-state index in [1.54, 1.807) is 7.11 Å². The molecule has 0 aliphatic rings. The van der Waals surface area contributed by atoms with E-state index in [0.29, 0.717) is 0 Å². The molecule has 2 atom stereocenters. The van der Waals surface area contributed by atoms with Gasteiger partial charge >= 0.3 is 6.09 Å². The second-order valence-corrected chi connectivity index (χ2v) is 5.25. The first-order valence-corrected chi connectivity index (χ1v) is 5.67. The van der Waals surface area contributed by atoms with Crippen molar-refractivity contribution in [2.24, 2.45) is 0 Å². The number of rotatable bonds is 3. The Morgan fingerprint density at radius 3 is 2.29 bits per heavy atom. The lowest BCUT2D eigenvalue weighted by Crippen LogP contribution is -2.42. The van der Waals surface area contributed by atoms with Crippen molar-refractivity contribution in [3.05, 3.63) is 0 Å². The van der Waals surface area contributed by atoms with Crippen LogP contribution in [0.1, 0.15) is 27.7 Å². The van der Waals surface area contributed by atoms with Crippen LogP contribution in [0.5, 0.6) is 0 Å². The van der Waals surface area contributed by atoms with E-state index in [4.69, 9.17) is 9.47 Å². The van der Waals surface area contributed by atoms with Crippen LogP contribution >= 0.6 is 22.6 Å². The third-order valence-electron chi connectivity index (χ3n) is 1.36. The number of carbonyl (C=O) groups is 1. The summed E-state index contributed by atoms with van der Waals surface area (Å²) in [6, 6.07) is -0.0737. The number of alkyl carbamates (subject to hydrolysis) is 1. The Morgan fingerprint density at radius 1 is 1.43 bits per heavy atom. The number of nitrogens with one attached hydrogen (secondary N) is 1. The van der Waals surface area contributed by atoms with E-state index in [1.807, 2.05) is 27.7 Å². The Kier molecular flexibility index (Phi) is 5.73. The lowest BCUT2D eigenvalue weighted by molar-refractivity contribution is 0.0468. The van der Waals surface area contributed by atoms with Gasteiger partial charge in [0.2, 0.25) is 0 Å². The van der Waals surface area contributed by atoms with Gasteiger partial charge in [0.25, 0.3) is 0 Å². The molecule has 14 heavy (non-hydrogen) atoms. The molecule has 0 aromatic heterocycles. The molecule has 0 aromatic rings. The zero-order valence-corrected chi connectivity index (χ0v) is 11.4. The van der Waals surface area contributed by atoms with E-state index in [9.17, 15) is 4.79 Å². The topological polar surface area (TPSA) is 47.6 Å². The van der Waals surface area contributed by atoms with Crippen LogP contribution in [0.25, 0.3) is 0 Å². The van der Waals surface area contributed by atoms with E-state index in [-0.39, 0.29) is 10.2 Å². The minimum absolute atomic E-state index is 0.0554. The SMILES string of the molecule is COC(I)C(C)NC(=O)OC(C)(C)C. The fourth-order valence-electron chi connectivity index (χ4n) is 0.763. The highest BCUT2D eigenvalue weighted by Gasteiger charge is 2.20. The van der Waals surface area contributed by atoms with Crippen LogP contribution in [0.3, 0.4) is 0 Å². The zero-order chi connectivity index (χ0) is 11.4. The first-order chi connectivity index (χ1) is 6.26. The Bertz CT molecular complexity index is 191. The minimum atomic E-state index is -0.461. The third-order valence-corrected chi connectivity index (χ3v) is 2.95. The number of amides is 1. The fourth-order valence-corrected chi connectivity index (χ4v) is 0.943. The second kappa shape index (κ2) is 5.75. The van der Waals surface area contributed by atoms with Crippen LogP contribution in [-0.2, 0) is 9.47 Å². The number of carbonyl (C=O) groups excluding carboxylic acids is 1. The second-order valence-electron chi connectivity index (χ2n) is 4.02. The molecule has 0 heterocycles. The first-order valence-electron chi connectivity index (χ1n) is 4.42. The standard InChI is InChI=1S/C9H18INO3/c1-6(7(10)13-5)11-8(12)14-9(2,3)4/h6-7H,1-5H3,(H,11,12). The van der Waals surface area contributed by atoms with Gasteiger partial charge in [-0.05, 0) is 50.3 Å². The normalized spacial score (nSPS) is 15.9. The van der Waals surface area contributed by atoms with E-state index >= 15 is 0 Å². The summed E-state index contributed by atoms with van der Waals surface area (Å²) in [5, 5.41) is 2.69. The molecule has 5 heteroatoms. The van der Waals surface area contributed by atoms with Crippen molar-refractivity contribution in [2.45, 2.75) is 43.4 Å². The zero-order valence-electron chi connectivity index (χ0n) is 9.26. The van der Waals surface area contributed by atoms with Gasteiger partial charge in [0.15, 0.2) is 0 Å². The predicted octanol–water partition coefficient (Wildman–Crippen LogP) is 2.31. The van der Waals surface area contributed by atoms with Crippen molar-refractivity contribution in [2.75, 3.05) is 7.11 Å². The van der Waals surface area contributed by atoms with Crippen molar-refractivity contribution >= 4 is 28.7 Å². The molecule has 0 aromatic carbocycles. The number of methoxy groups -OCH3 is 1. The highest BCUT2D eigenvalue weighted by molar-refractivity contribution is 14.1. The number of ether oxygens (including phenoxy) is 2. The lowest BCUT2D eigenvalue weighted by atomic mass is 10.2. The van der Waals surface area contributed by atoms with Crippen LogP contribution in [0, 0.1) is 0 Å². The largest absolute Gasteiger partial charge is 0.444 e. The summed E-state index contributed by atoms with van der Waals surface area (Å²) >= 11 is 2.11. The predicted molar refractivity (Wildman–Crippen MR) is 63.6 cm³/mol. The molecule has 4 nitrogen and oxygen atoms in total. The summed E-state index contributed by atoms with van der Waals surface area (Å²) in [7, 11) is 1.60. The van der Waals surface area contributed by atoms with Crippen LogP contribution in [0.15, 0.2) is 0 Å². The lowest BCUT2D eigenvalue weighted by Gasteiger charge is -2.23. The maximum atomic E-state index is 11.3. The Labute approximate surface area is 98.9 Å². The quantitative estimate of drug-likeness (QED) is 0.642. The molecule has 0 saturated heterocycles. The molecule has 0 radical (unpaired) electrons. The molecule has 0 spiro atoms. The van der Waals surface area contributed by atoms with Crippen LogP contribution in [0.2, 0.25) is 0 Å². The molecule has 2 unspecified atom stereocenters. The number of halogens is 1. The summed E-state index contributed by atoms with van der Waals surface area (Å²) < 4.78 is 10.1. The average Bonchev–Trinajstić information content (AvgIpc) is 1.99. The summed E-state index contributed by atoms with van der Waals surface area (Å²) in [6.45, 7) is 7.35. The van der Waals surface area contributed by atoms with Crippen molar-refractivity contribution in [3.63, 3.8) is 0 Å². The Balaban J connectivity index is 3.95. The first kappa shape index (κ1) is 14.0. The third kappa shape index (κ3) is 6.42. The molecule has 0 aliphatic heterocycles. The van der Waals surface area contributed by atoms with Crippen molar-refractivity contribution in [3.8, 4) is 0 Å². The molecular weight excluding hydrogens is 297 g/mol. The average molecular weight is 315 g/mol. The molecule has 1 N–H and O–H groups in total. The van der Waals surface area contributed by atoms with Gasteiger partial charge in [-0.15, -0.1) is 0 Å². The molecule has 84 valence electrons. The molecule has 0 rings (SSSR count). The van der Waals surface area contributed by atoms with E-state index in [2.05, 4.69) is 27.9 Å². The molecule has 0 aliphatic carbocycles. The minimum Gasteiger partial charge on any atom is -0.444 e. The highest BCUT2D eigenvalue weighted by Crippen LogP contribution is 2.09. The van der Waals surface area contributed by atoms with Gasteiger partial charge in [-0.3, -0.25) is 0 Å². The summed E-state index contributed by atoms with van der Waals surface area (Å²) in [4.78, 5) is 11.3. The molecule has 0 fully saturated rings. The van der Waals surface area contributed by atoms with E-state index in [1.165, 1.54) is 0 Å². The Morgan fingerprint density at radius 2 is 1.93 bits per heavy atom. The molecule has 0 saturated carbocycles. The van der Waals surface area contributed by atoms with Gasteiger partial charge in [-0.2, -0.15) is 0 Å². The molecule has 1 amide bonds. The number of alkyl halides is 1. The summed E-state index contributed by atoms with van der Waals surface area (Å²) in [5.74, 6) is 0. The molecular formula is C9H18INO3.